The van der Waals surface area contributed by atoms with Gasteiger partial charge in [0.15, 0.2) is 5.76 Å². The maximum atomic E-state index is 12.1. The minimum absolute atomic E-state index is 0.108. The lowest BCUT2D eigenvalue weighted by atomic mass is 10.1. The average molecular weight is 310 g/mol. The van der Waals surface area contributed by atoms with Crippen molar-refractivity contribution in [2.45, 2.75) is 13.0 Å². The zero-order valence-electron chi connectivity index (χ0n) is 9.83. The van der Waals surface area contributed by atoms with Gasteiger partial charge in [-0.1, -0.05) is 15.9 Å². The third-order valence-corrected chi connectivity index (χ3v) is 3.57. The number of carbonyl (C=O) groups is 1. The molecule has 4 nitrogen and oxygen atoms in total. The number of halogens is 1. The molecule has 1 aromatic carbocycles. The standard InChI is InChI=1S/C13H12BrNO3/c1-7-10-4-8(14)2-3-11(10)18-12(7)13(16)15-9-5-17-6-9/h2-4,9H,5-6H2,1H3,(H,15,16). The molecule has 0 unspecified atom stereocenters. The number of aryl methyl sites for hydroxylation is 1. The number of rotatable bonds is 2. The van der Waals surface area contributed by atoms with Gasteiger partial charge in [-0.2, -0.15) is 0 Å². The van der Waals surface area contributed by atoms with E-state index >= 15 is 0 Å². The summed E-state index contributed by atoms with van der Waals surface area (Å²) in [6.07, 6.45) is 0. The predicted octanol–water partition coefficient (Wildman–Crippen LogP) is 2.63. The fraction of sp³-hybridized carbons (Fsp3) is 0.308. The first-order valence-corrected chi connectivity index (χ1v) is 6.51. The molecule has 5 heteroatoms. The van der Waals surface area contributed by atoms with Gasteiger partial charge in [0.2, 0.25) is 0 Å². The van der Waals surface area contributed by atoms with Crippen LogP contribution < -0.4 is 5.32 Å². The Labute approximate surface area is 112 Å². The van der Waals surface area contributed by atoms with Gasteiger partial charge in [0.1, 0.15) is 5.58 Å². The van der Waals surface area contributed by atoms with Crippen LogP contribution in [0, 0.1) is 6.92 Å². The van der Waals surface area contributed by atoms with Crippen molar-refractivity contribution >= 4 is 32.8 Å². The van der Waals surface area contributed by atoms with E-state index in [-0.39, 0.29) is 11.9 Å². The van der Waals surface area contributed by atoms with Gasteiger partial charge in [0.05, 0.1) is 19.3 Å². The molecule has 1 aliphatic rings. The molecule has 1 aliphatic heterocycles. The highest BCUT2D eigenvalue weighted by Crippen LogP contribution is 2.28. The van der Waals surface area contributed by atoms with Crippen LogP contribution in [0.5, 0.6) is 0 Å². The van der Waals surface area contributed by atoms with Gasteiger partial charge in [-0.3, -0.25) is 4.79 Å². The molecule has 0 atom stereocenters. The van der Waals surface area contributed by atoms with Crippen LogP contribution >= 0.6 is 15.9 Å². The van der Waals surface area contributed by atoms with Crippen LogP contribution in [0.15, 0.2) is 27.1 Å². The van der Waals surface area contributed by atoms with Crippen molar-refractivity contribution in [3.8, 4) is 0 Å². The van der Waals surface area contributed by atoms with Crippen LogP contribution in [-0.4, -0.2) is 25.2 Å². The van der Waals surface area contributed by atoms with Crippen LogP contribution in [0.25, 0.3) is 11.0 Å². The molecule has 2 aromatic rings. The Balaban J connectivity index is 1.95. The zero-order chi connectivity index (χ0) is 12.7. The van der Waals surface area contributed by atoms with Crippen molar-refractivity contribution in [1.82, 2.24) is 5.32 Å². The molecule has 0 radical (unpaired) electrons. The average Bonchev–Trinajstić information content (AvgIpc) is 2.61. The van der Waals surface area contributed by atoms with Crippen molar-refractivity contribution in [2.75, 3.05) is 13.2 Å². The summed E-state index contributed by atoms with van der Waals surface area (Å²) in [6, 6.07) is 5.82. The summed E-state index contributed by atoms with van der Waals surface area (Å²) in [5, 5.41) is 3.84. The van der Waals surface area contributed by atoms with Gasteiger partial charge in [0, 0.05) is 15.4 Å². The van der Waals surface area contributed by atoms with E-state index in [4.69, 9.17) is 9.15 Å². The Kier molecular flexibility index (Phi) is 2.87. The molecule has 2 heterocycles. The minimum Gasteiger partial charge on any atom is -0.451 e. The van der Waals surface area contributed by atoms with Crippen LogP contribution in [-0.2, 0) is 4.74 Å². The van der Waals surface area contributed by atoms with Crippen molar-refractivity contribution in [2.24, 2.45) is 0 Å². The van der Waals surface area contributed by atoms with Gasteiger partial charge >= 0.3 is 0 Å². The van der Waals surface area contributed by atoms with Crippen LogP contribution in [0.2, 0.25) is 0 Å². The number of hydrogen-bond donors (Lipinski definition) is 1. The van der Waals surface area contributed by atoms with Gasteiger partial charge < -0.3 is 14.5 Å². The number of carbonyl (C=O) groups excluding carboxylic acids is 1. The van der Waals surface area contributed by atoms with Gasteiger partial charge in [-0.05, 0) is 25.1 Å². The molecule has 1 N–H and O–H groups in total. The summed E-state index contributed by atoms with van der Waals surface area (Å²) < 4.78 is 11.6. The third kappa shape index (κ3) is 1.93. The summed E-state index contributed by atoms with van der Waals surface area (Å²) in [5.74, 6) is 0.211. The second-order valence-electron chi connectivity index (χ2n) is 4.40. The first-order valence-electron chi connectivity index (χ1n) is 5.72. The molecule has 0 bridgehead atoms. The normalized spacial score (nSPS) is 15.7. The Hall–Kier alpha value is -1.33. The Morgan fingerprint density at radius 2 is 2.22 bits per heavy atom. The van der Waals surface area contributed by atoms with Crippen molar-refractivity contribution < 1.29 is 13.9 Å². The zero-order valence-corrected chi connectivity index (χ0v) is 11.4. The SMILES string of the molecule is Cc1c(C(=O)NC2COC2)oc2ccc(Br)cc12. The number of ether oxygens (including phenoxy) is 1. The molecule has 0 saturated carbocycles. The monoisotopic (exact) mass is 309 g/mol. The predicted molar refractivity (Wildman–Crippen MR) is 70.7 cm³/mol. The second kappa shape index (κ2) is 4.40. The van der Waals surface area contributed by atoms with Crippen LogP contribution in [0.4, 0.5) is 0 Å². The highest BCUT2D eigenvalue weighted by Gasteiger charge is 2.24. The van der Waals surface area contributed by atoms with Gasteiger partial charge in [-0.25, -0.2) is 0 Å². The van der Waals surface area contributed by atoms with Gasteiger partial charge in [-0.15, -0.1) is 0 Å². The molecule has 0 aliphatic carbocycles. The van der Waals surface area contributed by atoms with Gasteiger partial charge in [0.25, 0.3) is 5.91 Å². The number of benzene rings is 1. The minimum atomic E-state index is -0.173. The largest absolute Gasteiger partial charge is 0.451 e. The maximum absolute atomic E-state index is 12.1. The van der Waals surface area contributed by atoms with E-state index in [9.17, 15) is 4.79 Å². The quantitative estimate of drug-likeness (QED) is 0.928. The molecule has 94 valence electrons. The summed E-state index contributed by atoms with van der Waals surface area (Å²) >= 11 is 3.41. The molecule has 1 aromatic heterocycles. The summed E-state index contributed by atoms with van der Waals surface area (Å²) in [5.41, 5.74) is 1.59. The van der Waals surface area contributed by atoms with E-state index in [1.54, 1.807) is 0 Å². The molecule has 18 heavy (non-hydrogen) atoms. The highest BCUT2D eigenvalue weighted by molar-refractivity contribution is 9.10. The molecule has 1 saturated heterocycles. The topological polar surface area (TPSA) is 51.5 Å². The molecule has 0 spiro atoms. The third-order valence-electron chi connectivity index (χ3n) is 3.08. The molecule has 3 rings (SSSR count). The Morgan fingerprint density at radius 1 is 1.44 bits per heavy atom. The summed E-state index contributed by atoms with van der Waals surface area (Å²) in [7, 11) is 0. The summed E-state index contributed by atoms with van der Waals surface area (Å²) in [4.78, 5) is 12.1. The van der Waals surface area contributed by atoms with E-state index in [0.717, 1.165) is 21.0 Å². The molecular weight excluding hydrogens is 298 g/mol. The van der Waals surface area contributed by atoms with Crippen LogP contribution in [0.3, 0.4) is 0 Å². The maximum Gasteiger partial charge on any atom is 0.287 e. The summed E-state index contributed by atoms with van der Waals surface area (Å²) in [6.45, 7) is 3.05. The fourth-order valence-corrected chi connectivity index (χ4v) is 2.34. The van der Waals surface area contributed by atoms with E-state index in [1.165, 1.54) is 0 Å². The van der Waals surface area contributed by atoms with Crippen molar-refractivity contribution in [3.05, 3.63) is 34.0 Å². The number of nitrogens with one attached hydrogen (secondary N) is 1. The number of fused-ring (bicyclic) bond motifs is 1. The van der Waals surface area contributed by atoms with E-state index in [1.807, 2.05) is 25.1 Å². The van der Waals surface area contributed by atoms with Crippen molar-refractivity contribution in [1.29, 1.82) is 0 Å². The van der Waals surface area contributed by atoms with E-state index in [2.05, 4.69) is 21.2 Å². The van der Waals surface area contributed by atoms with Crippen LogP contribution in [0.1, 0.15) is 16.1 Å². The number of furan rings is 1. The lowest BCUT2D eigenvalue weighted by Crippen LogP contribution is -2.48. The fourth-order valence-electron chi connectivity index (χ4n) is 1.98. The lowest BCUT2D eigenvalue weighted by Gasteiger charge is -2.26. The first kappa shape index (κ1) is 11.7. The van der Waals surface area contributed by atoms with E-state index in [0.29, 0.717) is 19.0 Å². The molecule has 1 amide bonds. The van der Waals surface area contributed by atoms with E-state index < -0.39 is 0 Å². The number of hydrogen-bond acceptors (Lipinski definition) is 3. The number of amides is 1. The molecular formula is C13H12BrNO3. The highest BCUT2D eigenvalue weighted by atomic mass is 79.9. The molecule has 1 fully saturated rings. The van der Waals surface area contributed by atoms with Crippen molar-refractivity contribution in [3.63, 3.8) is 0 Å². The first-order chi connectivity index (χ1) is 8.65. The second-order valence-corrected chi connectivity index (χ2v) is 5.32. The lowest BCUT2D eigenvalue weighted by molar-refractivity contribution is -0.00388. The Morgan fingerprint density at radius 3 is 2.89 bits per heavy atom. The Bertz CT molecular complexity index is 616. The smallest absolute Gasteiger partial charge is 0.287 e.